The summed E-state index contributed by atoms with van der Waals surface area (Å²) in [6.07, 6.45) is 7.01. The summed E-state index contributed by atoms with van der Waals surface area (Å²) >= 11 is 1.40. The van der Waals surface area contributed by atoms with Crippen LogP contribution in [-0.2, 0) is 9.53 Å². The lowest BCUT2D eigenvalue weighted by Gasteiger charge is -2.39. The number of aliphatic imine (C=N–C) groups is 1. The maximum atomic E-state index is 12.7. The Morgan fingerprint density at radius 1 is 1.17 bits per heavy atom. The number of thioether (sulfide) groups is 1. The molecule has 7 heteroatoms. The van der Waals surface area contributed by atoms with E-state index in [4.69, 9.17) is 9.73 Å². The highest BCUT2D eigenvalue weighted by molar-refractivity contribution is 8.15. The van der Waals surface area contributed by atoms with Crippen molar-refractivity contribution in [3.05, 3.63) is 35.9 Å². The van der Waals surface area contributed by atoms with Crippen LogP contribution >= 0.6 is 11.8 Å². The summed E-state index contributed by atoms with van der Waals surface area (Å²) in [6.45, 7) is 0.427. The number of ether oxygens (including phenoxy) is 1. The Kier molecular flexibility index (Phi) is 5.12. The highest BCUT2D eigenvalue weighted by atomic mass is 32.2. The number of hydrogen-bond acceptors (Lipinski definition) is 5. The van der Waals surface area contributed by atoms with Crippen LogP contribution in [0.5, 0.6) is 0 Å². The molecule has 6 nitrogen and oxygen atoms in total. The van der Waals surface area contributed by atoms with E-state index in [-0.39, 0.29) is 35.1 Å². The van der Waals surface area contributed by atoms with Gasteiger partial charge in [-0.3, -0.25) is 15.1 Å². The zero-order valence-electron chi connectivity index (χ0n) is 16.4. The van der Waals surface area contributed by atoms with Crippen molar-refractivity contribution in [3.63, 3.8) is 0 Å². The Balaban J connectivity index is 1.28. The van der Waals surface area contributed by atoms with Gasteiger partial charge in [-0.25, -0.2) is 4.79 Å². The van der Waals surface area contributed by atoms with Gasteiger partial charge in [0.1, 0.15) is 11.3 Å². The van der Waals surface area contributed by atoms with Crippen LogP contribution in [0.25, 0.3) is 0 Å². The topological polar surface area (TPSA) is 79.8 Å². The van der Waals surface area contributed by atoms with E-state index in [1.165, 1.54) is 31.0 Å². The average molecular weight is 414 g/mol. The molecule has 0 unspecified atom stereocenters. The SMILES string of the molecule is O=C(NC1=N[C@@]23CO[C@H](c4ccccc4)C[C@@H]2CC(=O)[C@H]3S1)NC1CCCCC1. The van der Waals surface area contributed by atoms with Crippen molar-refractivity contribution in [1.29, 1.82) is 0 Å². The summed E-state index contributed by atoms with van der Waals surface area (Å²) in [5.41, 5.74) is 0.624. The van der Waals surface area contributed by atoms with Crippen LogP contribution in [0.1, 0.15) is 56.6 Å². The zero-order chi connectivity index (χ0) is 19.8. The molecular weight excluding hydrogens is 386 g/mol. The fourth-order valence-corrected chi connectivity index (χ4v) is 6.60. The fraction of sp³-hybridized carbons (Fsp3) is 0.591. The van der Waals surface area contributed by atoms with E-state index in [2.05, 4.69) is 22.8 Å². The van der Waals surface area contributed by atoms with E-state index in [9.17, 15) is 9.59 Å². The standard InChI is InChI=1S/C22H27N3O3S/c26-17-11-15-12-18(14-7-3-1-4-8-14)28-13-22(15)19(17)29-21(25-22)24-20(27)23-16-9-5-2-6-10-16/h1,3-4,7-8,15-16,18-19H,2,5-6,9-13H2,(H2,23,24,25,27)/t15-,18-,19+,22-/m0/s1. The highest BCUT2D eigenvalue weighted by Crippen LogP contribution is 2.54. The molecule has 1 saturated heterocycles. The Hall–Kier alpha value is -1.86. The van der Waals surface area contributed by atoms with E-state index < -0.39 is 5.54 Å². The normalized spacial score (nSPS) is 34.3. The average Bonchev–Trinajstić information content (AvgIpc) is 3.21. The fourth-order valence-electron chi connectivity index (χ4n) is 5.26. The van der Waals surface area contributed by atoms with Crippen LogP contribution in [0.3, 0.4) is 0 Å². The van der Waals surface area contributed by atoms with Crippen molar-refractivity contribution < 1.29 is 14.3 Å². The van der Waals surface area contributed by atoms with Gasteiger partial charge >= 0.3 is 6.03 Å². The second kappa shape index (κ2) is 7.76. The van der Waals surface area contributed by atoms with Crippen LogP contribution in [0, 0.1) is 5.92 Å². The first-order valence-corrected chi connectivity index (χ1v) is 11.6. The highest BCUT2D eigenvalue weighted by Gasteiger charge is 2.61. The number of ketones is 1. The molecule has 1 aromatic carbocycles. The lowest BCUT2D eigenvalue weighted by Crippen LogP contribution is -2.47. The second-order valence-electron chi connectivity index (χ2n) is 8.65. The van der Waals surface area contributed by atoms with Gasteiger partial charge in [-0.1, -0.05) is 61.4 Å². The van der Waals surface area contributed by atoms with Gasteiger partial charge in [0.25, 0.3) is 0 Å². The first-order chi connectivity index (χ1) is 14.1. The summed E-state index contributed by atoms with van der Waals surface area (Å²) < 4.78 is 6.20. The molecule has 3 fully saturated rings. The molecule has 2 heterocycles. The Morgan fingerprint density at radius 3 is 2.76 bits per heavy atom. The number of benzene rings is 1. The third kappa shape index (κ3) is 3.59. The maximum Gasteiger partial charge on any atom is 0.321 e. The number of urea groups is 1. The molecule has 2 saturated carbocycles. The van der Waals surface area contributed by atoms with Crippen molar-refractivity contribution in [2.24, 2.45) is 10.9 Å². The minimum Gasteiger partial charge on any atom is -0.371 e. The number of amidine groups is 1. The van der Waals surface area contributed by atoms with E-state index in [0.717, 1.165) is 24.8 Å². The number of amides is 2. The van der Waals surface area contributed by atoms with Crippen LogP contribution in [0.2, 0.25) is 0 Å². The molecule has 1 aromatic rings. The van der Waals surface area contributed by atoms with Crippen LogP contribution in [0.4, 0.5) is 4.79 Å². The summed E-state index contributed by atoms with van der Waals surface area (Å²) in [6, 6.07) is 10.2. The lowest BCUT2D eigenvalue weighted by molar-refractivity contribution is -0.117. The van der Waals surface area contributed by atoms with Crippen LogP contribution in [0.15, 0.2) is 35.3 Å². The number of rotatable bonds is 2. The van der Waals surface area contributed by atoms with Crippen molar-refractivity contribution in [2.75, 3.05) is 6.61 Å². The molecule has 4 aliphatic rings. The molecule has 5 rings (SSSR count). The predicted molar refractivity (Wildman–Crippen MR) is 113 cm³/mol. The minimum absolute atomic E-state index is 0.00480. The molecule has 29 heavy (non-hydrogen) atoms. The van der Waals surface area contributed by atoms with Crippen LogP contribution < -0.4 is 10.6 Å². The number of nitrogens with one attached hydrogen (secondary N) is 2. The van der Waals surface area contributed by atoms with Crippen molar-refractivity contribution >= 4 is 28.7 Å². The second-order valence-corrected chi connectivity index (χ2v) is 9.75. The van der Waals surface area contributed by atoms with Gasteiger partial charge < -0.3 is 10.1 Å². The third-order valence-electron chi connectivity index (χ3n) is 6.79. The molecule has 0 radical (unpaired) electrons. The lowest BCUT2D eigenvalue weighted by atomic mass is 9.80. The molecule has 2 aliphatic carbocycles. The molecule has 0 aromatic heterocycles. The van der Waals surface area contributed by atoms with Crippen LogP contribution in [-0.4, -0.2) is 40.4 Å². The maximum absolute atomic E-state index is 12.7. The predicted octanol–water partition coefficient (Wildman–Crippen LogP) is 3.58. The number of Topliss-reactive ketones (excluding diaryl/α,β-unsaturated/α-hetero) is 1. The van der Waals surface area contributed by atoms with Gasteiger partial charge in [-0.2, -0.15) is 0 Å². The number of carbonyl (C=O) groups is 2. The van der Waals surface area contributed by atoms with E-state index in [0.29, 0.717) is 18.2 Å². The largest absolute Gasteiger partial charge is 0.371 e. The molecule has 0 bridgehead atoms. The van der Waals surface area contributed by atoms with Gasteiger partial charge in [-0.05, 0) is 30.7 Å². The smallest absolute Gasteiger partial charge is 0.321 e. The molecule has 2 amide bonds. The molecular formula is C22H27N3O3S. The molecule has 1 spiro atoms. The summed E-state index contributed by atoms with van der Waals surface area (Å²) in [5.74, 6) is 0.387. The molecule has 4 atom stereocenters. The monoisotopic (exact) mass is 413 g/mol. The van der Waals surface area contributed by atoms with Crippen molar-refractivity contribution in [1.82, 2.24) is 10.6 Å². The van der Waals surface area contributed by atoms with Gasteiger partial charge in [0.05, 0.1) is 18.0 Å². The molecule has 2 aliphatic heterocycles. The number of hydrogen-bond donors (Lipinski definition) is 2. The summed E-state index contributed by atoms with van der Waals surface area (Å²) in [4.78, 5) is 30.0. The van der Waals surface area contributed by atoms with Gasteiger partial charge in [0, 0.05) is 12.5 Å². The van der Waals surface area contributed by atoms with E-state index >= 15 is 0 Å². The number of carbonyl (C=O) groups excluding carboxylic acids is 2. The quantitative estimate of drug-likeness (QED) is 0.777. The number of nitrogens with zero attached hydrogens (tertiary/aromatic N) is 1. The Labute approximate surface area is 175 Å². The first-order valence-electron chi connectivity index (χ1n) is 10.7. The van der Waals surface area contributed by atoms with Gasteiger partial charge in [-0.15, -0.1) is 0 Å². The molecule has 2 N–H and O–H groups in total. The van der Waals surface area contributed by atoms with Crippen molar-refractivity contribution in [3.8, 4) is 0 Å². The van der Waals surface area contributed by atoms with E-state index in [1.54, 1.807) is 0 Å². The van der Waals surface area contributed by atoms with Gasteiger partial charge in [0.2, 0.25) is 0 Å². The van der Waals surface area contributed by atoms with Crippen molar-refractivity contribution in [2.45, 2.75) is 67.9 Å². The van der Waals surface area contributed by atoms with E-state index in [1.807, 2.05) is 18.2 Å². The molecule has 154 valence electrons. The zero-order valence-corrected chi connectivity index (χ0v) is 17.2. The Bertz CT molecular complexity index is 824. The first kappa shape index (κ1) is 19.1. The third-order valence-corrected chi connectivity index (χ3v) is 8.11. The summed E-state index contributed by atoms with van der Waals surface area (Å²) in [5, 5.41) is 6.28. The minimum atomic E-state index is -0.527. The van der Waals surface area contributed by atoms with Gasteiger partial charge in [0.15, 0.2) is 5.17 Å². The summed E-state index contributed by atoms with van der Waals surface area (Å²) in [7, 11) is 0. The Morgan fingerprint density at radius 2 is 1.97 bits per heavy atom.